The van der Waals surface area contributed by atoms with Gasteiger partial charge in [-0.2, -0.15) is 0 Å². The molecule has 2 aromatic rings. The molecule has 2 aromatic carbocycles. The van der Waals surface area contributed by atoms with Gasteiger partial charge < -0.3 is 5.11 Å². The van der Waals surface area contributed by atoms with Crippen molar-refractivity contribution in [2.24, 2.45) is 29.6 Å². The van der Waals surface area contributed by atoms with Gasteiger partial charge >= 0.3 is 0 Å². The maximum atomic E-state index is 13.6. The summed E-state index contributed by atoms with van der Waals surface area (Å²) in [6, 6.07) is 16.7. The van der Waals surface area contributed by atoms with Gasteiger partial charge in [0.15, 0.2) is 5.12 Å². The van der Waals surface area contributed by atoms with Crippen LogP contribution in [0.1, 0.15) is 24.3 Å². The number of aromatic hydroxyl groups is 1. The lowest BCUT2D eigenvalue weighted by Gasteiger charge is -2.44. The number of thioether (sulfide) groups is 2. The van der Waals surface area contributed by atoms with Crippen molar-refractivity contribution in [2.45, 2.75) is 24.0 Å². The monoisotopic (exact) mass is 475 g/mol. The molecule has 1 N–H and O–H groups in total. The van der Waals surface area contributed by atoms with Crippen molar-refractivity contribution in [1.82, 2.24) is 0 Å². The first-order chi connectivity index (χ1) is 16.0. The standard InChI is InChI=1S/C26H21NO4S2/c28-14-8-6-13(7-9-14)27-25(30)21-15-10-16(22(21)26(27)31)23-20(15)19(12-4-2-1-3-5-12)24-17(32-23)11-18(29)33-24/h1-9,15-16,19-23,28H,10-11H2/t15-,16-,19-,20-,21+,22-,23-/m1/s1. The Bertz CT molecular complexity index is 1240. The molecule has 3 fully saturated rings. The van der Waals surface area contributed by atoms with Gasteiger partial charge in [-0.15, -0.1) is 11.8 Å². The highest BCUT2D eigenvalue weighted by Gasteiger charge is 2.69. The van der Waals surface area contributed by atoms with E-state index in [1.807, 2.05) is 30.0 Å². The average molecular weight is 476 g/mol. The number of amides is 2. The highest BCUT2D eigenvalue weighted by atomic mass is 32.2. The second kappa shape index (κ2) is 7.00. The summed E-state index contributed by atoms with van der Waals surface area (Å²) in [7, 11) is 0. The molecule has 7 rings (SSSR count). The summed E-state index contributed by atoms with van der Waals surface area (Å²) >= 11 is 3.20. The number of benzene rings is 2. The summed E-state index contributed by atoms with van der Waals surface area (Å²) in [5.74, 6) is -0.0339. The molecular weight excluding hydrogens is 454 g/mol. The molecule has 2 amide bonds. The molecule has 0 aromatic heterocycles. The molecule has 5 nitrogen and oxygen atoms in total. The van der Waals surface area contributed by atoms with Gasteiger partial charge in [0.2, 0.25) is 11.8 Å². The maximum absolute atomic E-state index is 13.6. The Morgan fingerprint density at radius 2 is 1.58 bits per heavy atom. The number of phenols is 1. The first-order valence-electron chi connectivity index (χ1n) is 11.3. The summed E-state index contributed by atoms with van der Waals surface area (Å²) in [6.45, 7) is 0. The van der Waals surface area contributed by atoms with Gasteiger partial charge in [-0.1, -0.05) is 42.1 Å². The van der Waals surface area contributed by atoms with E-state index in [1.165, 1.54) is 44.2 Å². The number of phenolic OH excluding ortho intramolecular Hbond substituents is 1. The van der Waals surface area contributed by atoms with E-state index in [0.29, 0.717) is 12.1 Å². The van der Waals surface area contributed by atoms with Crippen LogP contribution in [0.5, 0.6) is 5.75 Å². The summed E-state index contributed by atoms with van der Waals surface area (Å²) < 4.78 is 0. The Morgan fingerprint density at radius 1 is 0.879 bits per heavy atom. The van der Waals surface area contributed by atoms with E-state index < -0.39 is 0 Å². The quantitative estimate of drug-likeness (QED) is 0.643. The zero-order valence-corrected chi connectivity index (χ0v) is 19.2. The molecule has 1 saturated heterocycles. The number of anilines is 1. The van der Waals surface area contributed by atoms with Crippen LogP contribution < -0.4 is 4.90 Å². The lowest BCUT2D eigenvalue weighted by molar-refractivity contribution is -0.123. The fourth-order valence-corrected chi connectivity index (χ4v) is 10.3. The van der Waals surface area contributed by atoms with E-state index in [0.717, 1.165) is 6.42 Å². The molecule has 7 heteroatoms. The molecule has 0 spiro atoms. The van der Waals surface area contributed by atoms with Gasteiger partial charge in [-0.25, -0.2) is 0 Å². The molecule has 7 atom stereocenters. The lowest BCUT2D eigenvalue weighted by atomic mass is 9.68. The van der Waals surface area contributed by atoms with E-state index in [4.69, 9.17) is 0 Å². The molecule has 5 aliphatic rings. The van der Waals surface area contributed by atoms with Gasteiger partial charge in [0, 0.05) is 27.4 Å². The van der Waals surface area contributed by atoms with Crippen LogP contribution in [0.2, 0.25) is 0 Å². The molecule has 166 valence electrons. The van der Waals surface area contributed by atoms with Crippen molar-refractivity contribution in [3.05, 3.63) is 70.0 Å². The lowest BCUT2D eigenvalue weighted by Crippen LogP contribution is -2.42. The Morgan fingerprint density at radius 3 is 2.30 bits per heavy atom. The summed E-state index contributed by atoms with van der Waals surface area (Å²) in [6.07, 6.45) is 1.39. The molecule has 2 bridgehead atoms. The summed E-state index contributed by atoms with van der Waals surface area (Å²) in [4.78, 5) is 43.3. The fraction of sp³-hybridized carbons (Fsp3) is 0.346. The fourth-order valence-electron chi connectivity index (χ4n) is 7.09. The van der Waals surface area contributed by atoms with Gasteiger partial charge in [-0.05, 0) is 54.0 Å². The average Bonchev–Trinajstić information content (AvgIpc) is 3.54. The third-order valence-corrected chi connectivity index (χ3v) is 11.0. The first kappa shape index (κ1) is 19.9. The molecule has 0 radical (unpaired) electrons. The van der Waals surface area contributed by atoms with Crippen molar-refractivity contribution < 1.29 is 19.5 Å². The molecule has 0 unspecified atom stereocenters. The number of hydrogen-bond donors (Lipinski definition) is 1. The number of allylic oxidation sites excluding steroid dienone is 2. The van der Waals surface area contributed by atoms with E-state index in [-0.39, 0.29) is 63.4 Å². The minimum absolute atomic E-state index is 0.102. The molecule has 2 saturated carbocycles. The number of fused-ring (bicyclic) bond motifs is 8. The second-order valence-electron chi connectivity index (χ2n) is 9.63. The van der Waals surface area contributed by atoms with E-state index in [2.05, 4.69) is 12.1 Å². The van der Waals surface area contributed by atoms with Crippen molar-refractivity contribution in [1.29, 1.82) is 0 Å². The minimum Gasteiger partial charge on any atom is -0.508 e. The number of carbonyl (C=O) groups is 3. The van der Waals surface area contributed by atoms with Crippen molar-refractivity contribution >= 4 is 46.1 Å². The van der Waals surface area contributed by atoms with Crippen LogP contribution in [0.15, 0.2) is 64.4 Å². The van der Waals surface area contributed by atoms with Crippen LogP contribution >= 0.6 is 23.5 Å². The number of carbonyl (C=O) groups excluding carboxylic acids is 3. The molecule has 2 aliphatic carbocycles. The summed E-state index contributed by atoms with van der Waals surface area (Å²) in [5.41, 5.74) is 1.74. The topological polar surface area (TPSA) is 74.7 Å². The van der Waals surface area contributed by atoms with Crippen LogP contribution in [0, 0.1) is 29.6 Å². The Labute approximate surface area is 199 Å². The van der Waals surface area contributed by atoms with Gasteiger partial charge in [-0.3, -0.25) is 19.3 Å². The van der Waals surface area contributed by atoms with E-state index in [9.17, 15) is 19.5 Å². The van der Waals surface area contributed by atoms with Crippen LogP contribution in [0.4, 0.5) is 5.69 Å². The van der Waals surface area contributed by atoms with Crippen molar-refractivity contribution in [3.8, 4) is 5.75 Å². The normalized spacial score (nSPS) is 36.4. The molecular formula is C26H21NO4S2. The number of nitrogens with zero attached hydrogens (tertiary/aromatic N) is 1. The molecule has 33 heavy (non-hydrogen) atoms. The van der Waals surface area contributed by atoms with Crippen LogP contribution in [-0.2, 0) is 14.4 Å². The number of imide groups is 1. The van der Waals surface area contributed by atoms with Crippen molar-refractivity contribution in [2.75, 3.05) is 4.90 Å². The van der Waals surface area contributed by atoms with Gasteiger partial charge in [0.1, 0.15) is 5.75 Å². The van der Waals surface area contributed by atoms with E-state index >= 15 is 0 Å². The summed E-state index contributed by atoms with van der Waals surface area (Å²) in [5, 5.41) is 10.1. The smallest absolute Gasteiger partial charge is 0.238 e. The molecule has 3 heterocycles. The Kier molecular flexibility index (Phi) is 4.22. The molecule has 3 aliphatic heterocycles. The van der Waals surface area contributed by atoms with E-state index in [1.54, 1.807) is 12.1 Å². The van der Waals surface area contributed by atoms with Gasteiger partial charge in [0.25, 0.3) is 0 Å². The van der Waals surface area contributed by atoms with Crippen molar-refractivity contribution in [3.63, 3.8) is 0 Å². The third-order valence-electron chi connectivity index (χ3n) is 8.18. The van der Waals surface area contributed by atoms with Gasteiger partial charge in [0.05, 0.1) is 17.5 Å². The van der Waals surface area contributed by atoms with Crippen LogP contribution in [0.25, 0.3) is 0 Å². The zero-order valence-electron chi connectivity index (χ0n) is 17.6. The predicted molar refractivity (Wildman–Crippen MR) is 127 cm³/mol. The third kappa shape index (κ3) is 2.66. The second-order valence-corrected chi connectivity index (χ2v) is 12.0. The Balaban J connectivity index is 1.30. The number of rotatable bonds is 2. The minimum atomic E-state index is -0.298. The zero-order chi connectivity index (χ0) is 22.4. The predicted octanol–water partition coefficient (Wildman–Crippen LogP) is 4.54. The largest absolute Gasteiger partial charge is 0.508 e. The van der Waals surface area contributed by atoms with Crippen LogP contribution in [0.3, 0.4) is 0 Å². The highest BCUT2D eigenvalue weighted by Crippen LogP contribution is 2.70. The SMILES string of the molecule is O=C1CC2=C(S1)[C@H](c1ccccc1)[C@H]1[C@H]3C[C@@H]([C@H]1S2)[C@H]1C(=O)N(c2ccc(O)cc2)C(=O)[C@@H]31. The number of hydrogen-bond acceptors (Lipinski definition) is 6. The highest BCUT2D eigenvalue weighted by molar-refractivity contribution is 8.18. The first-order valence-corrected chi connectivity index (χ1v) is 13.0. The maximum Gasteiger partial charge on any atom is 0.238 e. The Hall–Kier alpha value is -2.51. The van der Waals surface area contributed by atoms with Crippen LogP contribution in [-0.4, -0.2) is 27.3 Å².